The standard InChI is InChI=1S/C25H26ClFN4O/c26-19-7-5-18(6-8-19)17-29-13-2-14-30(16-15-29)25(32)24-22-3-1-4-23(22)31(28-24)21-11-9-20(27)10-12-21/h5-12H,1-4,13-17H2. The van der Waals surface area contributed by atoms with E-state index in [4.69, 9.17) is 16.7 Å². The van der Waals surface area contributed by atoms with E-state index in [0.29, 0.717) is 12.2 Å². The molecule has 0 atom stereocenters. The summed E-state index contributed by atoms with van der Waals surface area (Å²) in [6.45, 7) is 4.05. The van der Waals surface area contributed by atoms with Gasteiger partial charge in [-0.15, -0.1) is 0 Å². The van der Waals surface area contributed by atoms with Crippen LogP contribution in [0.2, 0.25) is 5.02 Å². The van der Waals surface area contributed by atoms with Gasteiger partial charge in [0, 0.05) is 49.0 Å². The van der Waals surface area contributed by atoms with Crippen LogP contribution >= 0.6 is 11.6 Å². The number of carbonyl (C=O) groups excluding carboxylic acids is 1. The van der Waals surface area contributed by atoms with Gasteiger partial charge in [0.15, 0.2) is 5.69 Å². The zero-order valence-electron chi connectivity index (χ0n) is 17.9. The van der Waals surface area contributed by atoms with Gasteiger partial charge in [0.05, 0.1) is 5.69 Å². The minimum absolute atomic E-state index is 0.0114. The third-order valence-corrected chi connectivity index (χ3v) is 6.65. The number of rotatable bonds is 4. The first-order valence-electron chi connectivity index (χ1n) is 11.2. The second-order valence-electron chi connectivity index (χ2n) is 8.56. The van der Waals surface area contributed by atoms with Crippen molar-refractivity contribution in [2.24, 2.45) is 0 Å². The number of halogens is 2. The molecule has 3 aromatic rings. The molecule has 1 aromatic heterocycles. The smallest absolute Gasteiger partial charge is 0.274 e. The monoisotopic (exact) mass is 452 g/mol. The van der Waals surface area contributed by atoms with Crippen LogP contribution in [-0.4, -0.2) is 51.7 Å². The molecule has 2 heterocycles. The topological polar surface area (TPSA) is 41.4 Å². The molecule has 2 aliphatic rings. The molecular formula is C25H26ClFN4O. The third-order valence-electron chi connectivity index (χ3n) is 6.40. The molecule has 5 rings (SSSR count). The van der Waals surface area contributed by atoms with Crippen LogP contribution < -0.4 is 0 Å². The summed E-state index contributed by atoms with van der Waals surface area (Å²) in [6.07, 6.45) is 3.71. The number of nitrogens with zero attached hydrogens (tertiary/aromatic N) is 4. The van der Waals surface area contributed by atoms with Crippen LogP contribution in [-0.2, 0) is 19.4 Å². The predicted octanol–water partition coefficient (Wildman–Crippen LogP) is 4.50. The summed E-state index contributed by atoms with van der Waals surface area (Å²) in [4.78, 5) is 17.8. The predicted molar refractivity (Wildman–Crippen MR) is 123 cm³/mol. The van der Waals surface area contributed by atoms with Gasteiger partial charge in [-0.25, -0.2) is 9.07 Å². The summed E-state index contributed by atoms with van der Waals surface area (Å²) in [5.74, 6) is -0.265. The van der Waals surface area contributed by atoms with E-state index < -0.39 is 0 Å². The molecular weight excluding hydrogens is 427 g/mol. The maximum Gasteiger partial charge on any atom is 0.274 e. The van der Waals surface area contributed by atoms with Crippen LogP contribution in [0.3, 0.4) is 0 Å². The summed E-state index contributed by atoms with van der Waals surface area (Å²) < 4.78 is 15.2. The molecule has 0 bridgehead atoms. The van der Waals surface area contributed by atoms with Gasteiger partial charge in [0.25, 0.3) is 5.91 Å². The molecule has 0 radical (unpaired) electrons. The minimum atomic E-state index is -0.276. The largest absolute Gasteiger partial charge is 0.336 e. The van der Waals surface area contributed by atoms with Crippen molar-refractivity contribution in [2.75, 3.05) is 26.2 Å². The zero-order valence-corrected chi connectivity index (χ0v) is 18.7. The normalized spacial score (nSPS) is 16.8. The Labute approximate surface area is 192 Å². The first-order valence-corrected chi connectivity index (χ1v) is 11.6. The van der Waals surface area contributed by atoms with Crippen molar-refractivity contribution in [3.63, 3.8) is 0 Å². The van der Waals surface area contributed by atoms with Crippen LogP contribution in [0.25, 0.3) is 5.69 Å². The minimum Gasteiger partial charge on any atom is -0.336 e. The van der Waals surface area contributed by atoms with E-state index in [9.17, 15) is 9.18 Å². The SMILES string of the molecule is O=C(c1nn(-c2ccc(F)cc2)c2c1CCC2)N1CCCN(Cc2ccc(Cl)cc2)CC1. The van der Waals surface area contributed by atoms with Gasteiger partial charge in [-0.05, 0) is 67.6 Å². The Kier molecular flexibility index (Phi) is 5.98. The first kappa shape index (κ1) is 21.2. The quantitative estimate of drug-likeness (QED) is 0.585. The van der Waals surface area contributed by atoms with E-state index in [2.05, 4.69) is 17.0 Å². The van der Waals surface area contributed by atoms with Crippen LogP contribution in [0.5, 0.6) is 0 Å². The molecule has 32 heavy (non-hydrogen) atoms. The molecule has 1 saturated heterocycles. The Morgan fingerprint density at radius 1 is 0.938 bits per heavy atom. The highest BCUT2D eigenvalue weighted by Crippen LogP contribution is 2.29. The van der Waals surface area contributed by atoms with Gasteiger partial charge in [0.1, 0.15) is 5.82 Å². The van der Waals surface area contributed by atoms with E-state index >= 15 is 0 Å². The molecule has 0 spiro atoms. The Morgan fingerprint density at radius 3 is 2.50 bits per heavy atom. The Balaban J connectivity index is 1.32. The number of hydrogen-bond acceptors (Lipinski definition) is 3. The van der Waals surface area contributed by atoms with Crippen molar-refractivity contribution in [1.82, 2.24) is 19.6 Å². The number of fused-ring (bicyclic) bond motifs is 1. The Bertz CT molecular complexity index is 1110. The zero-order chi connectivity index (χ0) is 22.1. The molecule has 1 amide bonds. The molecule has 5 nitrogen and oxygen atoms in total. The van der Waals surface area contributed by atoms with Gasteiger partial charge < -0.3 is 4.90 Å². The lowest BCUT2D eigenvalue weighted by atomic mass is 10.2. The highest BCUT2D eigenvalue weighted by molar-refractivity contribution is 6.30. The summed E-state index contributed by atoms with van der Waals surface area (Å²) in [5.41, 5.74) is 4.73. The van der Waals surface area contributed by atoms with Gasteiger partial charge in [0.2, 0.25) is 0 Å². The molecule has 166 valence electrons. The Morgan fingerprint density at radius 2 is 1.72 bits per heavy atom. The van der Waals surface area contributed by atoms with Gasteiger partial charge in [-0.3, -0.25) is 9.69 Å². The van der Waals surface area contributed by atoms with E-state index in [0.717, 1.165) is 73.8 Å². The second kappa shape index (κ2) is 9.04. The molecule has 0 N–H and O–H groups in total. The van der Waals surface area contributed by atoms with Crippen molar-refractivity contribution in [3.05, 3.63) is 81.9 Å². The highest BCUT2D eigenvalue weighted by Gasteiger charge is 2.30. The van der Waals surface area contributed by atoms with Gasteiger partial charge in [-0.1, -0.05) is 23.7 Å². The average molecular weight is 453 g/mol. The first-order chi connectivity index (χ1) is 15.6. The number of carbonyl (C=O) groups is 1. The molecule has 1 aliphatic heterocycles. The summed E-state index contributed by atoms with van der Waals surface area (Å²) >= 11 is 6.00. The lowest BCUT2D eigenvalue weighted by Crippen LogP contribution is -2.35. The van der Waals surface area contributed by atoms with Crippen molar-refractivity contribution in [3.8, 4) is 5.69 Å². The fourth-order valence-electron chi connectivity index (χ4n) is 4.73. The number of aromatic nitrogens is 2. The van der Waals surface area contributed by atoms with Crippen molar-refractivity contribution < 1.29 is 9.18 Å². The molecule has 7 heteroatoms. The summed E-state index contributed by atoms with van der Waals surface area (Å²) in [6, 6.07) is 14.3. The second-order valence-corrected chi connectivity index (χ2v) is 9.00. The lowest BCUT2D eigenvalue weighted by Gasteiger charge is -2.22. The molecule has 2 aromatic carbocycles. The summed E-state index contributed by atoms with van der Waals surface area (Å²) in [5, 5.41) is 5.45. The van der Waals surface area contributed by atoms with E-state index in [1.54, 1.807) is 12.1 Å². The number of amides is 1. The fraction of sp³-hybridized carbons (Fsp3) is 0.360. The summed E-state index contributed by atoms with van der Waals surface area (Å²) in [7, 11) is 0. The highest BCUT2D eigenvalue weighted by atomic mass is 35.5. The van der Waals surface area contributed by atoms with E-state index in [1.165, 1.54) is 17.7 Å². The molecule has 0 saturated carbocycles. The van der Waals surface area contributed by atoms with Crippen molar-refractivity contribution >= 4 is 17.5 Å². The average Bonchev–Trinajstić information content (AvgIpc) is 3.33. The van der Waals surface area contributed by atoms with Crippen LogP contribution in [0.4, 0.5) is 4.39 Å². The van der Waals surface area contributed by atoms with Crippen LogP contribution in [0, 0.1) is 5.82 Å². The maximum atomic E-state index is 13.5. The van der Waals surface area contributed by atoms with E-state index in [1.807, 2.05) is 21.7 Å². The lowest BCUT2D eigenvalue weighted by molar-refractivity contribution is 0.0753. The third kappa shape index (κ3) is 4.30. The number of hydrogen-bond donors (Lipinski definition) is 0. The Hall–Kier alpha value is -2.70. The molecule has 1 aliphatic carbocycles. The fourth-order valence-corrected chi connectivity index (χ4v) is 4.86. The van der Waals surface area contributed by atoms with Crippen molar-refractivity contribution in [2.45, 2.75) is 32.2 Å². The van der Waals surface area contributed by atoms with Crippen LogP contribution in [0.1, 0.15) is 40.2 Å². The van der Waals surface area contributed by atoms with Crippen LogP contribution in [0.15, 0.2) is 48.5 Å². The maximum absolute atomic E-state index is 13.5. The molecule has 1 fully saturated rings. The van der Waals surface area contributed by atoms with Gasteiger partial charge in [-0.2, -0.15) is 5.10 Å². The molecule has 0 unspecified atom stereocenters. The van der Waals surface area contributed by atoms with Crippen molar-refractivity contribution in [1.29, 1.82) is 0 Å². The van der Waals surface area contributed by atoms with Gasteiger partial charge >= 0.3 is 0 Å². The van der Waals surface area contributed by atoms with E-state index in [-0.39, 0.29) is 11.7 Å². The number of benzene rings is 2.